The summed E-state index contributed by atoms with van der Waals surface area (Å²) in [5, 5.41) is 0. The van der Waals surface area contributed by atoms with Gasteiger partial charge in [-0.2, -0.15) is 0 Å². The molecule has 1 aromatic carbocycles. The third-order valence-corrected chi connectivity index (χ3v) is 5.01. The van der Waals surface area contributed by atoms with Crippen molar-refractivity contribution in [3.05, 3.63) is 42.2 Å². The number of nitrogens with zero attached hydrogens (tertiary/aromatic N) is 4. The standard InChI is InChI=1S/C21H26F2N4O2/c1-3-4-5-6-21(28)27-10-9-26(13-15(27)2)19-12-20(25-14-24-19)29-16-7-8-17(22)18(23)11-16/h7-8,11-12,14-15H,3-6,9-10,13H2,1-2H3/t15-/m0/s1. The number of carbonyl (C=O) groups is 1. The monoisotopic (exact) mass is 404 g/mol. The number of rotatable bonds is 7. The zero-order valence-corrected chi connectivity index (χ0v) is 16.8. The van der Waals surface area contributed by atoms with Gasteiger partial charge in [-0.25, -0.2) is 18.7 Å². The fourth-order valence-electron chi connectivity index (χ4n) is 3.43. The number of ether oxygens (including phenoxy) is 1. The van der Waals surface area contributed by atoms with Crippen molar-refractivity contribution in [1.29, 1.82) is 0 Å². The van der Waals surface area contributed by atoms with Crippen molar-refractivity contribution in [3.8, 4) is 11.6 Å². The Balaban J connectivity index is 1.62. The van der Waals surface area contributed by atoms with Crippen molar-refractivity contribution in [1.82, 2.24) is 14.9 Å². The molecule has 156 valence electrons. The van der Waals surface area contributed by atoms with E-state index < -0.39 is 11.6 Å². The molecule has 8 heteroatoms. The average Bonchev–Trinajstić information content (AvgIpc) is 2.71. The molecular formula is C21H26F2N4O2. The van der Waals surface area contributed by atoms with Crippen molar-refractivity contribution >= 4 is 11.7 Å². The van der Waals surface area contributed by atoms with Gasteiger partial charge in [0.1, 0.15) is 17.9 Å². The summed E-state index contributed by atoms with van der Waals surface area (Å²) < 4.78 is 32.0. The number of amides is 1. The van der Waals surface area contributed by atoms with Gasteiger partial charge in [0.2, 0.25) is 11.8 Å². The molecule has 0 spiro atoms. The fraction of sp³-hybridized carbons (Fsp3) is 0.476. The highest BCUT2D eigenvalue weighted by molar-refractivity contribution is 5.76. The molecule has 3 rings (SSSR count). The van der Waals surface area contributed by atoms with Crippen LogP contribution in [0.15, 0.2) is 30.6 Å². The van der Waals surface area contributed by atoms with Crippen LogP contribution in [0.5, 0.6) is 11.6 Å². The van der Waals surface area contributed by atoms with E-state index in [1.165, 1.54) is 12.4 Å². The van der Waals surface area contributed by atoms with Gasteiger partial charge in [-0.05, 0) is 25.5 Å². The van der Waals surface area contributed by atoms with Crippen molar-refractivity contribution in [3.63, 3.8) is 0 Å². The van der Waals surface area contributed by atoms with Crippen LogP contribution in [-0.2, 0) is 4.79 Å². The first-order valence-corrected chi connectivity index (χ1v) is 9.97. The maximum Gasteiger partial charge on any atom is 0.224 e. The summed E-state index contributed by atoms with van der Waals surface area (Å²) in [6.07, 6.45) is 5.06. The highest BCUT2D eigenvalue weighted by atomic mass is 19.2. The molecule has 1 aliphatic rings. The Bertz CT molecular complexity index is 849. The maximum atomic E-state index is 13.4. The van der Waals surface area contributed by atoms with E-state index >= 15 is 0 Å². The van der Waals surface area contributed by atoms with Crippen LogP contribution >= 0.6 is 0 Å². The summed E-state index contributed by atoms with van der Waals surface area (Å²) in [5.41, 5.74) is 0. The lowest BCUT2D eigenvalue weighted by Gasteiger charge is -2.40. The van der Waals surface area contributed by atoms with Crippen LogP contribution in [-0.4, -0.2) is 46.5 Å². The van der Waals surface area contributed by atoms with Gasteiger partial charge in [-0.15, -0.1) is 0 Å². The Morgan fingerprint density at radius 2 is 2.00 bits per heavy atom. The molecule has 0 aliphatic carbocycles. The number of benzene rings is 1. The highest BCUT2D eigenvalue weighted by Gasteiger charge is 2.27. The van der Waals surface area contributed by atoms with Gasteiger partial charge in [0.15, 0.2) is 11.6 Å². The van der Waals surface area contributed by atoms with Crippen LogP contribution in [0.3, 0.4) is 0 Å². The number of anilines is 1. The van der Waals surface area contributed by atoms with Gasteiger partial charge in [0, 0.05) is 44.2 Å². The predicted octanol–water partition coefficient (Wildman–Crippen LogP) is 4.16. The number of hydrogen-bond acceptors (Lipinski definition) is 5. The Labute approximate surface area is 169 Å². The smallest absolute Gasteiger partial charge is 0.224 e. The van der Waals surface area contributed by atoms with Gasteiger partial charge in [0.25, 0.3) is 0 Å². The molecule has 1 fully saturated rings. The van der Waals surface area contributed by atoms with E-state index in [1.54, 1.807) is 6.07 Å². The molecule has 0 saturated carbocycles. The number of hydrogen-bond donors (Lipinski definition) is 0. The second-order valence-electron chi connectivity index (χ2n) is 7.23. The lowest BCUT2D eigenvalue weighted by atomic mass is 10.1. The number of piperazine rings is 1. The third kappa shape index (κ3) is 5.40. The lowest BCUT2D eigenvalue weighted by Crippen LogP contribution is -2.54. The van der Waals surface area contributed by atoms with Crippen molar-refractivity contribution in [2.24, 2.45) is 0 Å². The largest absolute Gasteiger partial charge is 0.439 e. The second kappa shape index (κ2) is 9.62. The molecule has 29 heavy (non-hydrogen) atoms. The molecule has 2 aromatic rings. The molecule has 1 aliphatic heterocycles. The molecule has 2 heterocycles. The molecule has 6 nitrogen and oxygen atoms in total. The van der Waals surface area contributed by atoms with Crippen molar-refractivity contribution in [2.45, 2.75) is 45.6 Å². The quantitative estimate of drug-likeness (QED) is 0.649. The van der Waals surface area contributed by atoms with E-state index in [4.69, 9.17) is 4.74 Å². The van der Waals surface area contributed by atoms with Gasteiger partial charge in [0.05, 0.1) is 0 Å². The van der Waals surface area contributed by atoms with E-state index in [2.05, 4.69) is 21.8 Å². The SMILES string of the molecule is CCCCCC(=O)N1CCN(c2cc(Oc3ccc(F)c(F)c3)ncn2)C[C@@H]1C. The van der Waals surface area contributed by atoms with E-state index in [0.29, 0.717) is 31.9 Å². The van der Waals surface area contributed by atoms with E-state index in [9.17, 15) is 13.6 Å². The fourth-order valence-corrected chi connectivity index (χ4v) is 3.43. The molecule has 0 bridgehead atoms. The van der Waals surface area contributed by atoms with Gasteiger partial charge < -0.3 is 14.5 Å². The molecule has 0 radical (unpaired) electrons. The van der Waals surface area contributed by atoms with Gasteiger partial charge in [-0.3, -0.25) is 4.79 Å². The van der Waals surface area contributed by atoms with E-state index in [-0.39, 0.29) is 23.6 Å². The van der Waals surface area contributed by atoms with Crippen LogP contribution in [0.4, 0.5) is 14.6 Å². The molecule has 0 N–H and O–H groups in total. The maximum absolute atomic E-state index is 13.4. The lowest BCUT2D eigenvalue weighted by molar-refractivity contribution is -0.133. The van der Waals surface area contributed by atoms with Crippen LogP contribution in [0, 0.1) is 11.6 Å². The summed E-state index contributed by atoms with van der Waals surface area (Å²) in [4.78, 5) is 24.8. The first-order valence-electron chi connectivity index (χ1n) is 9.97. The Morgan fingerprint density at radius 1 is 1.17 bits per heavy atom. The minimum atomic E-state index is -0.981. The zero-order chi connectivity index (χ0) is 20.8. The molecule has 1 aromatic heterocycles. The van der Waals surface area contributed by atoms with Crippen LogP contribution in [0.1, 0.15) is 39.5 Å². The Kier molecular flexibility index (Phi) is 6.95. The van der Waals surface area contributed by atoms with Crippen molar-refractivity contribution < 1.29 is 18.3 Å². The topological polar surface area (TPSA) is 58.6 Å². The van der Waals surface area contributed by atoms with E-state index in [0.717, 1.165) is 31.4 Å². The minimum Gasteiger partial charge on any atom is -0.439 e. The molecule has 0 unspecified atom stereocenters. The van der Waals surface area contributed by atoms with Crippen LogP contribution in [0.25, 0.3) is 0 Å². The number of carbonyl (C=O) groups excluding carboxylic acids is 1. The van der Waals surface area contributed by atoms with Crippen molar-refractivity contribution in [2.75, 3.05) is 24.5 Å². The Hall–Kier alpha value is -2.77. The molecule has 1 atom stereocenters. The zero-order valence-electron chi connectivity index (χ0n) is 16.8. The number of halogens is 2. The van der Waals surface area contributed by atoms with Gasteiger partial charge in [-0.1, -0.05) is 19.8 Å². The highest BCUT2D eigenvalue weighted by Crippen LogP contribution is 2.25. The third-order valence-electron chi connectivity index (χ3n) is 5.01. The first-order chi connectivity index (χ1) is 14.0. The summed E-state index contributed by atoms with van der Waals surface area (Å²) in [5.74, 6) is -0.642. The molecule has 1 saturated heterocycles. The summed E-state index contributed by atoms with van der Waals surface area (Å²) in [7, 11) is 0. The number of aromatic nitrogens is 2. The van der Waals surface area contributed by atoms with Gasteiger partial charge >= 0.3 is 0 Å². The van der Waals surface area contributed by atoms with Crippen LogP contribution < -0.4 is 9.64 Å². The Morgan fingerprint density at radius 3 is 2.72 bits per heavy atom. The predicted molar refractivity (Wildman–Crippen MR) is 106 cm³/mol. The summed E-state index contributed by atoms with van der Waals surface area (Å²) in [6.45, 7) is 6.10. The van der Waals surface area contributed by atoms with E-state index in [1.807, 2.05) is 11.8 Å². The molecular weight excluding hydrogens is 378 g/mol. The summed E-state index contributed by atoms with van der Waals surface area (Å²) in [6, 6.07) is 5.05. The number of unbranched alkanes of at least 4 members (excludes halogenated alkanes) is 2. The normalized spacial score (nSPS) is 16.8. The van der Waals surface area contributed by atoms with Crippen LogP contribution in [0.2, 0.25) is 0 Å². The second-order valence-corrected chi connectivity index (χ2v) is 7.23. The molecule has 1 amide bonds. The average molecular weight is 404 g/mol. The minimum absolute atomic E-state index is 0.0726. The summed E-state index contributed by atoms with van der Waals surface area (Å²) >= 11 is 0. The first kappa shape index (κ1) is 21.0.